The molecule has 0 amide bonds. The highest BCUT2D eigenvalue weighted by atomic mass is 15.1. The summed E-state index contributed by atoms with van der Waals surface area (Å²) in [6, 6.07) is 13.3. The number of nitrogens with zero attached hydrogens (tertiary/aromatic N) is 2. The van der Waals surface area contributed by atoms with Crippen molar-refractivity contribution in [2.24, 2.45) is 5.73 Å². The number of hydrogen-bond donors (Lipinski definition) is 2. The molecule has 1 saturated heterocycles. The maximum Gasteiger partial charge on any atom is 0.139 e. The summed E-state index contributed by atoms with van der Waals surface area (Å²) in [5.74, 6) is 0. The molecule has 3 N–H and O–H groups in total. The molecular weight excluding hydrogens is 356 g/mol. The lowest BCUT2D eigenvalue weighted by Crippen LogP contribution is -2.52. The lowest BCUT2D eigenvalue weighted by Gasteiger charge is -2.40. The maximum atomic E-state index is 6.80. The molecule has 4 heteroatoms. The Morgan fingerprint density at radius 2 is 1.69 bits per heavy atom. The van der Waals surface area contributed by atoms with Gasteiger partial charge in [-0.1, -0.05) is 58.9 Å². The second-order valence-electron chi connectivity index (χ2n) is 9.04. The SMILES string of the molecule is CC.CC(C)(C)c1ccc(CC2(N)CCN(c3ccnc4[nH]ccc34)CC2)cc1. The van der Waals surface area contributed by atoms with Crippen molar-refractivity contribution in [1.82, 2.24) is 9.97 Å². The van der Waals surface area contributed by atoms with Crippen LogP contribution in [0.3, 0.4) is 0 Å². The van der Waals surface area contributed by atoms with Crippen LogP contribution in [-0.4, -0.2) is 28.6 Å². The van der Waals surface area contributed by atoms with Gasteiger partial charge >= 0.3 is 0 Å². The molecule has 0 radical (unpaired) electrons. The van der Waals surface area contributed by atoms with Crippen LogP contribution in [0.2, 0.25) is 0 Å². The minimum atomic E-state index is -0.121. The van der Waals surface area contributed by atoms with E-state index in [4.69, 9.17) is 5.73 Å². The van der Waals surface area contributed by atoms with Crippen molar-refractivity contribution in [1.29, 1.82) is 0 Å². The van der Waals surface area contributed by atoms with Gasteiger partial charge in [-0.3, -0.25) is 0 Å². The molecule has 0 aliphatic carbocycles. The number of anilines is 1. The molecule has 3 aromatic rings. The van der Waals surface area contributed by atoms with E-state index in [1.165, 1.54) is 22.2 Å². The Morgan fingerprint density at radius 1 is 1.03 bits per heavy atom. The van der Waals surface area contributed by atoms with Crippen molar-refractivity contribution in [2.45, 2.75) is 64.8 Å². The highest BCUT2D eigenvalue weighted by Crippen LogP contribution is 2.31. The zero-order valence-electron chi connectivity index (χ0n) is 18.6. The molecule has 4 nitrogen and oxygen atoms in total. The van der Waals surface area contributed by atoms with Gasteiger partial charge in [0.15, 0.2) is 0 Å². The number of benzene rings is 1. The van der Waals surface area contributed by atoms with Crippen LogP contribution < -0.4 is 10.6 Å². The second kappa shape index (κ2) is 8.58. The summed E-state index contributed by atoms with van der Waals surface area (Å²) in [4.78, 5) is 10.0. The van der Waals surface area contributed by atoms with E-state index in [1.54, 1.807) is 0 Å². The Labute approximate surface area is 175 Å². The van der Waals surface area contributed by atoms with Gasteiger partial charge in [0.25, 0.3) is 0 Å². The Bertz CT molecular complexity index is 910. The quantitative estimate of drug-likeness (QED) is 0.625. The number of nitrogens with two attached hydrogens (primary N) is 1. The Hall–Kier alpha value is -2.33. The van der Waals surface area contributed by atoms with Crippen molar-refractivity contribution in [2.75, 3.05) is 18.0 Å². The molecule has 1 aliphatic rings. The van der Waals surface area contributed by atoms with Crippen molar-refractivity contribution in [3.8, 4) is 0 Å². The standard InChI is InChI=1S/C23H30N4.C2H6/c1-22(2,3)18-6-4-17(5-7-18)16-23(24)10-14-27(15-11-23)20-9-13-26-21-19(20)8-12-25-21;1-2/h4-9,12-13H,10-11,14-16,24H2,1-3H3,(H,25,26);1-2H3. The van der Waals surface area contributed by atoms with Crippen molar-refractivity contribution < 1.29 is 0 Å². The molecule has 2 aromatic heterocycles. The summed E-state index contributed by atoms with van der Waals surface area (Å²) in [6.45, 7) is 12.7. The summed E-state index contributed by atoms with van der Waals surface area (Å²) in [5.41, 5.74) is 11.8. The second-order valence-corrected chi connectivity index (χ2v) is 9.04. The normalized spacial score (nSPS) is 16.4. The summed E-state index contributed by atoms with van der Waals surface area (Å²) < 4.78 is 0. The Morgan fingerprint density at radius 3 is 2.31 bits per heavy atom. The van der Waals surface area contributed by atoms with Gasteiger partial charge in [-0.2, -0.15) is 0 Å². The molecule has 156 valence electrons. The van der Waals surface area contributed by atoms with E-state index in [0.717, 1.165) is 38.0 Å². The van der Waals surface area contributed by atoms with Crippen LogP contribution in [0.15, 0.2) is 48.8 Å². The zero-order valence-corrected chi connectivity index (χ0v) is 18.6. The molecule has 0 atom stereocenters. The van der Waals surface area contributed by atoms with Gasteiger partial charge in [0, 0.05) is 42.1 Å². The molecule has 0 bridgehead atoms. The highest BCUT2D eigenvalue weighted by Gasteiger charge is 2.31. The van der Waals surface area contributed by atoms with Crippen LogP contribution >= 0.6 is 0 Å². The van der Waals surface area contributed by atoms with Crippen LogP contribution in [0.5, 0.6) is 0 Å². The summed E-state index contributed by atoms with van der Waals surface area (Å²) in [7, 11) is 0. The summed E-state index contributed by atoms with van der Waals surface area (Å²) in [5, 5.41) is 1.19. The van der Waals surface area contributed by atoms with E-state index in [2.05, 4.69) is 72.0 Å². The number of H-pyrrole nitrogens is 1. The third kappa shape index (κ3) is 4.81. The molecular formula is C25H36N4. The van der Waals surface area contributed by atoms with E-state index in [-0.39, 0.29) is 11.0 Å². The molecule has 1 aromatic carbocycles. The fourth-order valence-electron chi connectivity index (χ4n) is 4.12. The molecule has 29 heavy (non-hydrogen) atoms. The lowest BCUT2D eigenvalue weighted by molar-refractivity contribution is 0.331. The summed E-state index contributed by atoms with van der Waals surface area (Å²) >= 11 is 0. The first-order valence-corrected chi connectivity index (χ1v) is 10.9. The molecule has 3 heterocycles. The minimum absolute atomic E-state index is 0.121. The average Bonchev–Trinajstić information content (AvgIpc) is 3.19. The predicted octanol–water partition coefficient (Wildman–Crippen LogP) is 5.43. The third-order valence-electron chi connectivity index (χ3n) is 5.91. The number of piperidine rings is 1. The van der Waals surface area contributed by atoms with Crippen LogP contribution in [0, 0.1) is 0 Å². The van der Waals surface area contributed by atoms with Crippen LogP contribution in [0.25, 0.3) is 11.0 Å². The molecule has 0 unspecified atom stereocenters. The zero-order chi connectivity index (χ0) is 21.1. The van der Waals surface area contributed by atoms with E-state index in [1.807, 2.05) is 26.2 Å². The molecule has 4 rings (SSSR count). The van der Waals surface area contributed by atoms with E-state index >= 15 is 0 Å². The van der Waals surface area contributed by atoms with E-state index in [9.17, 15) is 0 Å². The number of nitrogens with one attached hydrogen (secondary N) is 1. The Kier molecular flexibility index (Phi) is 6.33. The van der Waals surface area contributed by atoms with Gasteiger partial charge in [0.05, 0.1) is 0 Å². The number of aromatic amines is 1. The van der Waals surface area contributed by atoms with Gasteiger partial charge in [-0.05, 0) is 47.9 Å². The van der Waals surface area contributed by atoms with Crippen molar-refractivity contribution >= 4 is 16.7 Å². The van der Waals surface area contributed by atoms with Gasteiger partial charge in [-0.25, -0.2) is 4.98 Å². The number of fused-ring (bicyclic) bond motifs is 1. The first-order chi connectivity index (χ1) is 13.8. The van der Waals surface area contributed by atoms with E-state index in [0.29, 0.717) is 0 Å². The maximum absolute atomic E-state index is 6.80. The number of rotatable bonds is 3. The molecule has 0 saturated carbocycles. The number of hydrogen-bond acceptors (Lipinski definition) is 3. The van der Waals surface area contributed by atoms with Gasteiger partial charge < -0.3 is 15.6 Å². The Balaban J connectivity index is 0.00000117. The first-order valence-electron chi connectivity index (χ1n) is 10.9. The molecule has 1 aliphatic heterocycles. The predicted molar refractivity (Wildman–Crippen MR) is 125 cm³/mol. The monoisotopic (exact) mass is 392 g/mol. The minimum Gasteiger partial charge on any atom is -0.371 e. The lowest BCUT2D eigenvalue weighted by atomic mass is 9.81. The first kappa shape index (κ1) is 21.4. The van der Waals surface area contributed by atoms with Crippen molar-refractivity contribution in [3.63, 3.8) is 0 Å². The largest absolute Gasteiger partial charge is 0.371 e. The van der Waals surface area contributed by atoms with Gasteiger partial charge in [0.1, 0.15) is 5.65 Å². The topological polar surface area (TPSA) is 57.9 Å². The third-order valence-corrected chi connectivity index (χ3v) is 5.91. The molecule has 1 fully saturated rings. The van der Waals surface area contributed by atoms with E-state index < -0.39 is 0 Å². The van der Waals surface area contributed by atoms with Crippen LogP contribution in [0.4, 0.5) is 5.69 Å². The number of aromatic nitrogens is 2. The highest BCUT2D eigenvalue weighted by molar-refractivity contribution is 5.89. The fraction of sp³-hybridized carbons (Fsp3) is 0.480. The average molecular weight is 393 g/mol. The van der Waals surface area contributed by atoms with Gasteiger partial charge in [-0.15, -0.1) is 0 Å². The summed E-state index contributed by atoms with van der Waals surface area (Å²) in [6.07, 6.45) is 6.79. The number of pyridine rings is 1. The smallest absolute Gasteiger partial charge is 0.139 e. The van der Waals surface area contributed by atoms with Crippen LogP contribution in [-0.2, 0) is 11.8 Å². The van der Waals surface area contributed by atoms with Gasteiger partial charge in [0.2, 0.25) is 0 Å². The molecule has 0 spiro atoms. The van der Waals surface area contributed by atoms with Crippen molar-refractivity contribution in [3.05, 3.63) is 59.9 Å². The fourth-order valence-corrected chi connectivity index (χ4v) is 4.12. The van der Waals surface area contributed by atoms with Crippen LogP contribution in [0.1, 0.15) is 58.6 Å².